The maximum Gasteiger partial charge on any atom is 0.256 e. The van der Waals surface area contributed by atoms with E-state index < -0.39 is 0 Å². The zero-order chi connectivity index (χ0) is 28.8. The van der Waals surface area contributed by atoms with Crippen LogP contribution in [0.15, 0.2) is 102 Å². The summed E-state index contributed by atoms with van der Waals surface area (Å²) in [6.45, 7) is 2.23. The van der Waals surface area contributed by atoms with Crippen molar-refractivity contribution >= 4 is 46.3 Å². The SMILES string of the molecule is CCC(=N)/C(=N\N)c1ccc(COc2ccc(C(=O)Nc3cccc(/C=C4\C(=O)Nc5ccccc54)c3)cc2)cc1. The first-order valence-corrected chi connectivity index (χ1v) is 13.2. The molecule has 8 nitrogen and oxygen atoms in total. The quantitative estimate of drug-likeness (QED) is 0.0879. The van der Waals surface area contributed by atoms with Gasteiger partial charge in [0.05, 0.1) is 5.71 Å². The van der Waals surface area contributed by atoms with Gasteiger partial charge < -0.3 is 26.6 Å². The fourth-order valence-corrected chi connectivity index (χ4v) is 4.48. The zero-order valence-corrected chi connectivity index (χ0v) is 22.5. The number of rotatable bonds is 9. The van der Waals surface area contributed by atoms with Gasteiger partial charge in [-0.05, 0) is 66.1 Å². The molecule has 0 radical (unpaired) electrons. The van der Waals surface area contributed by atoms with Gasteiger partial charge >= 0.3 is 0 Å². The van der Waals surface area contributed by atoms with E-state index in [1.165, 1.54) is 0 Å². The van der Waals surface area contributed by atoms with Gasteiger partial charge in [0.15, 0.2) is 0 Å². The third-order valence-electron chi connectivity index (χ3n) is 6.68. The lowest BCUT2D eigenvalue weighted by molar-refractivity contribution is -0.110. The fourth-order valence-electron chi connectivity index (χ4n) is 4.48. The van der Waals surface area contributed by atoms with Crippen LogP contribution in [-0.2, 0) is 11.4 Å². The third-order valence-corrected chi connectivity index (χ3v) is 6.68. The second-order valence-corrected chi connectivity index (χ2v) is 9.46. The normalized spacial score (nSPS) is 13.4. The van der Waals surface area contributed by atoms with E-state index in [9.17, 15) is 9.59 Å². The Morgan fingerprint density at radius 3 is 2.44 bits per heavy atom. The molecule has 1 aliphatic heterocycles. The Balaban J connectivity index is 1.19. The number of nitrogens with two attached hydrogens (primary N) is 1. The van der Waals surface area contributed by atoms with E-state index in [0.29, 0.717) is 47.0 Å². The molecule has 4 aromatic carbocycles. The van der Waals surface area contributed by atoms with Gasteiger partial charge in [-0.2, -0.15) is 5.10 Å². The molecule has 41 heavy (non-hydrogen) atoms. The van der Waals surface area contributed by atoms with E-state index in [4.69, 9.17) is 16.0 Å². The molecule has 8 heteroatoms. The molecule has 0 bridgehead atoms. The number of hydrazone groups is 1. The van der Waals surface area contributed by atoms with Crippen molar-refractivity contribution in [2.24, 2.45) is 10.9 Å². The molecule has 5 N–H and O–H groups in total. The Bertz CT molecular complexity index is 1670. The van der Waals surface area contributed by atoms with Crippen LogP contribution in [0.3, 0.4) is 0 Å². The number of hydrogen-bond acceptors (Lipinski definition) is 6. The number of fused-ring (bicyclic) bond motifs is 1. The van der Waals surface area contributed by atoms with Crippen molar-refractivity contribution < 1.29 is 14.3 Å². The number of ether oxygens (including phenoxy) is 1. The fraction of sp³-hybridized carbons (Fsp3) is 0.0909. The highest BCUT2D eigenvalue weighted by atomic mass is 16.5. The highest BCUT2D eigenvalue weighted by molar-refractivity contribution is 6.47. The Labute approximate surface area is 238 Å². The number of hydrogen-bond donors (Lipinski definition) is 4. The number of anilines is 2. The van der Waals surface area contributed by atoms with Crippen LogP contribution in [0.1, 0.15) is 46.0 Å². The summed E-state index contributed by atoms with van der Waals surface area (Å²) in [5.74, 6) is 5.69. The molecule has 1 heterocycles. The monoisotopic (exact) mass is 543 g/mol. The summed E-state index contributed by atoms with van der Waals surface area (Å²) >= 11 is 0. The van der Waals surface area contributed by atoms with Gasteiger partial charge in [-0.15, -0.1) is 0 Å². The highest BCUT2D eigenvalue weighted by Crippen LogP contribution is 2.33. The Morgan fingerprint density at radius 2 is 1.71 bits per heavy atom. The second-order valence-electron chi connectivity index (χ2n) is 9.46. The van der Waals surface area contributed by atoms with Crippen molar-refractivity contribution in [3.63, 3.8) is 0 Å². The van der Waals surface area contributed by atoms with E-state index in [0.717, 1.165) is 27.9 Å². The first kappa shape index (κ1) is 27.1. The summed E-state index contributed by atoms with van der Waals surface area (Å²) in [7, 11) is 0. The van der Waals surface area contributed by atoms with Crippen LogP contribution in [0.4, 0.5) is 11.4 Å². The first-order chi connectivity index (χ1) is 19.9. The number of carbonyl (C=O) groups is 2. The van der Waals surface area contributed by atoms with Crippen molar-refractivity contribution in [1.29, 1.82) is 5.41 Å². The van der Waals surface area contributed by atoms with Gasteiger partial charge in [0.1, 0.15) is 18.1 Å². The summed E-state index contributed by atoms with van der Waals surface area (Å²) in [5, 5.41) is 17.5. The van der Waals surface area contributed by atoms with Crippen LogP contribution in [0.2, 0.25) is 0 Å². The predicted molar refractivity (Wildman–Crippen MR) is 163 cm³/mol. The zero-order valence-electron chi connectivity index (χ0n) is 22.5. The van der Waals surface area contributed by atoms with E-state index in [1.807, 2.05) is 79.7 Å². The number of amides is 2. The van der Waals surface area contributed by atoms with Crippen molar-refractivity contribution in [3.8, 4) is 5.75 Å². The van der Waals surface area contributed by atoms with E-state index in [1.54, 1.807) is 30.3 Å². The lowest BCUT2D eigenvalue weighted by atomic mass is 10.0. The molecule has 0 saturated heterocycles. The molecule has 5 rings (SSSR count). The van der Waals surface area contributed by atoms with Crippen LogP contribution >= 0.6 is 0 Å². The molecule has 0 saturated carbocycles. The minimum Gasteiger partial charge on any atom is -0.489 e. The van der Waals surface area contributed by atoms with E-state index >= 15 is 0 Å². The summed E-state index contributed by atoms with van der Waals surface area (Å²) in [4.78, 5) is 25.3. The molecule has 204 valence electrons. The van der Waals surface area contributed by atoms with Crippen LogP contribution < -0.4 is 21.2 Å². The Kier molecular flexibility index (Phi) is 8.01. The molecule has 4 aromatic rings. The minimum absolute atomic E-state index is 0.150. The molecule has 0 fully saturated rings. The average Bonchev–Trinajstić information content (AvgIpc) is 3.31. The lowest BCUT2D eigenvalue weighted by Crippen LogP contribution is -2.15. The molecule has 0 spiro atoms. The van der Waals surface area contributed by atoms with Crippen molar-refractivity contribution in [2.75, 3.05) is 10.6 Å². The van der Waals surface area contributed by atoms with Crippen molar-refractivity contribution in [2.45, 2.75) is 20.0 Å². The molecular weight excluding hydrogens is 514 g/mol. The lowest BCUT2D eigenvalue weighted by Gasteiger charge is -2.10. The van der Waals surface area contributed by atoms with E-state index in [2.05, 4.69) is 15.7 Å². The molecule has 0 aromatic heterocycles. The van der Waals surface area contributed by atoms with Crippen molar-refractivity contribution in [3.05, 3.63) is 125 Å². The number of para-hydroxylation sites is 1. The standard InChI is InChI=1S/C33H29N5O3/c1-2-29(34)31(38-35)23-12-10-21(11-13-23)20-41-26-16-14-24(15-17-26)32(39)36-25-7-5-6-22(18-25)19-28-27-8-3-4-9-30(27)37-33(28)40/h3-19,34H,2,20,35H2,1H3,(H,36,39)(H,37,40)/b28-19-,34-29?,38-31-. The van der Waals surface area contributed by atoms with Gasteiger partial charge in [-0.25, -0.2) is 0 Å². The molecule has 0 atom stereocenters. The number of benzene rings is 4. The largest absolute Gasteiger partial charge is 0.489 e. The van der Waals surface area contributed by atoms with Crippen LogP contribution in [-0.4, -0.2) is 23.2 Å². The number of nitrogens with zero attached hydrogens (tertiary/aromatic N) is 1. The minimum atomic E-state index is -0.254. The van der Waals surface area contributed by atoms with E-state index in [-0.39, 0.29) is 11.8 Å². The van der Waals surface area contributed by atoms with Crippen LogP contribution in [0.5, 0.6) is 5.75 Å². The summed E-state index contributed by atoms with van der Waals surface area (Å²) in [6.07, 6.45) is 2.37. The van der Waals surface area contributed by atoms with Crippen LogP contribution in [0.25, 0.3) is 11.6 Å². The number of carbonyl (C=O) groups excluding carboxylic acids is 2. The average molecular weight is 544 g/mol. The second kappa shape index (κ2) is 12.1. The predicted octanol–water partition coefficient (Wildman–Crippen LogP) is 6.10. The van der Waals surface area contributed by atoms with Gasteiger partial charge in [-0.1, -0.05) is 61.5 Å². The van der Waals surface area contributed by atoms with Gasteiger partial charge in [0.2, 0.25) is 0 Å². The van der Waals surface area contributed by atoms with Crippen LogP contribution in [0, 0.1) is 5.41 Å². The van der Waals surface area contributed by atoms with Gasteiger partial charge in [0.25, 0.3) is 11.8 Å². The molecular formula is C33H29N5O3. The maximum absolute atomic E-state index is 12.9. The molecule has 2 amide bonds. The first-order valence-electron chi connectivity index (χ1n) is 13.2. The van der Waals surface area contributed by atoms with Gasteiger partial charge in [-0.3, -0.25) is 9.59 Å². The van der Waals surface area contributed by atoms with Gasteiger partial charge in [0, 0.05) is 33.6 Å². The molecule has 0 unspecified atom stereocenters. The third kappa shape index (κ3) is 6.23. The highest BCUT2D eigenvalue weighted by Gasteiger charge is 2.23. The topological polar surface area (TPSA) is 130 Å². The summed E-state index contributed by atoms with van der Waals surface area (Å²) < 4.78 is 5.89. The smallest absolute Gasteiger partial charge is 0.256 e. The Morgan fingerprint density at radius 1 is 0.976 bits per heavy atom. The maximum atomic E-state index is 12.9. The summed E-state index contributed by atoms with van der Waals surface area (Å²) in [5.41, 5.74) is 6.74. The molecule has 1 aliphatic rings. The Hall–Kier alpha value is -5.50. The van der Waals surface area contributed by atoms with Crippen molar-refractivity contribution in [1.82, 2.24) is 0 Å². The number of nitrogens with one attached hydrogen (secondary N) is 3. The molecule has 0 aliphatic carbocycles. The summed E-state index contributed by atoms with van der Waals surface area (Å²) in [6, 6.07) is 29.4.